The highest BCUT2D eigenvalue weighted by molar-refractivity contribution is 7.88. The Morgan fingerprint density at radius 2 is 1.69 bits per heavy atom. The number of carbonyl (C=O) groups excluding carboxylic acids is 5. The Bertz CT molecular complexity index is 1410. The van der Waals surface area contributed by atoms with E-state index in [1.165, 1.54) is 11.8 Å². The van der Waals surface area contributed by atoms with E-state index >= 15 is 0 Å². The number of nitrogens with one attached hydrogen (secondary N) is 3. The van der Waals surface area contributed by atoms with Gasteiger partial charge < -0.3 is 19.9 Å². The third-order valence-electron chi connectivity index (χ3n) is 8.58. The van der Waals surface area contributed by atoms with E-state index in [1.54, 1.807) is 0 Å². The highest BCUT2D eigenvalue weighted by Crippen LogP contribution is 2.21. The summed E-state index contributed by atoms with van der Waals surface area (Å²) in [4.78, 5) is 70.8. The molecule has 14 nitrogen and oxygen atoms in total. The van der Waals surface area contributed by atoms with Gasteiger partial charge in [-0.15, -0.1) is 0 Å². The average Bonchev–Trinajstić information content (AvgIpc) is 3.55. The Hall–Kier alpha value is -3.85. The molecular formula is C34H52N6O8S. The maximum absolute atomic E-state index is 13.6. The molecule has 0 aromatic heterocycles. The quantitative estimate of drug-likeness (QED) is 0.100. The maximum atomic E-state index is 13.6. The molecule has 2 saturated heterocycles. The van der Waals surface area contributed by atoms with E-state index in [9.17, 15) is 32.4 Å². The molecule has 0 radical (unpaired) electrons. The van der Waals surface area contributed by atoms with Crippen LogP contribution in [0.5, 0.6) is 0 Å². The molecule has 0 aliphatic carbocycles. The fourth-order valence-electron chi connectivity index (χ4n) is 6.02. The number of unbranched alkanes of at least 4 members (excludes halogenated alkanes) is 2. The van der Waals surface area contributed by atoms with Gasteiger partial charge in [0.1, 0.15) is 12.1 Å². The Morgan fingerprint density at radius 3 is 2.35 bits per heavy atom. The second-order valence-electron chi connectivity index (χ2n) is 12.8. The first-order valence-electron chi connectivity index (χ1n) is 17.2. The molecule has 3 rings (SSSR count). The van der Waals surface area contributed by atoms with Crippen molar-refractivity contribution in [3.05, 3.63) is 35.9 Å². The first-order chi connectivity index (χ1) is 23.4. The number of guanidine groups is 1. The van der Waals surface area contributed by atoms with Crippen molar-refractivity contribution in [3.8, 4) is 0 Å². The summed E-state index contributed by atoms with van der Waals surface area (Å²) in [5, 5.41) is 5.79. The van der Waals surface area contributed by atoms with Crippen LogP contribution in [0.15, 0.2) is 35.3 Å². The van der Waals surface area contributed by atoms with Gasteiger partial charge in [-0.05, 0) is 56.4 Å². The summed E-state index contributed by atoms with van der Waals surface area (Å²) >= 11 is 0. The third-order valence-corrected chi connectivity index (χ3v) is 9.30. The van der Waals surface area contributed by atoms with Crippen LogP contribution in [-0.4, -0.2) is 105 Å². The van der Waals surface area contributed by atoms with Crippen molar-refractivity contribution in [2.75, 3.05) is 39.0 Å². The van der Waals surface area contributed by atoms with Gasteiger partial charge in [0.2, 0.25) is 39.6 Å². The summed E-state index contributed by atoms with van der Waals surface area (Å²) in [6, 6.07) is 7.41. The lowest BCUT2D eigenvalue weighted by molar-refractivity contribution is -0.141. The van der Waals surface area contributed by atoms with Gasteiger partial charge in [-0.3, -0.25) is 29.3 Å². The van der Waals surface area contributed by atoms with Crippen molar-refractivity contribution >= 4 is 45.6 Å². The summed E-state index contributed by atoms with van der Waals surface area (Å²) < 4.78 is 31.6. The van der Waals surface area contributed by atoms with Crippen molar-refractivity contribution in [1.82, 2.24) is 25.2 Å². The van der Waals surface area contributed by atoms with Crippen molar-refractivity contribution in [1.29, 1.82) is 0 Å². The van der Waals surface area contributed by atoms with Gasteiger partial charge in [0.25, 0.3) is 0 Å². The lowest BCUT2D eigenvalue weighted by Crippen LogP contribution is -2.54. The number of aliphatic imine (C=N–C) groups is 1. The average molecular weight is 705 g/mol. The molecule has 2 heterocycles. The summed E-state index contributed by atoms with van der Waals surface area (Å²) in [6.07, 6.45) is 7.00. The predicted molar refractivity (Wildman–Crippen MR) is 185 cm³/mol. The topological polar surface area (TPSA) is 184 Å². The molecule has 0 saturated carbocycles. The molecule has 1 aromatic rings. The standard InChI is InChI=1S/C34H52N6O8S/c1-4-5-7-15-30(42)36-34(37-31(43)16-11-22-48-25(2)41)39-20-17-27(18-21-39)24-35-32(44)29-14-10-19-40(29)33(45)28(38-49(3,46)47)23-26-12-8-6-9-13-26/h6,8-9,12-13,27-29,38H,4-5,7,10-11,14-24H2,1-3H3,(H,35,44)(H,36,37,42,43)/t28-,29+/m1/s1. The molecular weight excluding hydrogens is 652 g/mol. The molecule has 2 fully saturated rings. The summed E-state index contributed by atoms with van der Waals surface area (Å²) in [6.45, 7) is 5.27. The van der Waals surface area contributed by atoms with E-state index in [1.807, 2.05) is 42.2 Å². The van der Waals surface area contributed by atoms with Crippen LogP contribution in [-0.2, 0) is 45.2 Å². The number of likely N-dealkylation sites (tertiary alicyclic amines) is 2. The van der Waals surface area contributed by atoms with Gasteiger partial charge in [-0.25, -0.2) is 13.1 Å². The zero-order valence-electron chi connectivity index (χ0n) is 28.9. The molecule has 2 aliphatic rings. The minimum atomic E-state index is -3.69. The van der Waals surface area contributed by atoms with Crippen molar-refractivity contribution < 1.29 is 37.1 Å². The zero-order valence-corrected chi connectivity index (χ0v) is 29.8. The summed E-state index contributed by atoms with van der Waals surface area (Å²) in [5.74, 6) is -1.39. The van der Waals surface area contributed by atoms with Gasteiger partial charge in [0.15, 0.2) is 0 Å². The van der Waals surface area contributed by atoms with Crippen molar-refractivity contribution in [2.24, 2.45) is 10.9 Å². The van der Waals surface area contributed by atoms with E-state index in [4.69, 9.17) is 4.74 Å². The van der Waals surface area contributed by atoms with Gasteiger partial charge in [-0.1, -0.05) is 50.1 Å². The summed E-state index contributed by atoms with van der Waals surface area (Å²) in [5.41, 5.74) is 0.802. The molecule has 0 spiro atoms. The number of esters is 1. The lowest BCUT2D eigenvalue weighted by Gasteiger charge is -2.34. The Balaban J connectivity index is 1.56. The molecule has 3 N–H and O–H groups in total. The molecule has 15 heteroatoms. The number of hydrogen-bond acceptors (Lipinski definition) is 8. The van der Waals surface area contributed by atoms with Gasteiger partial charge in [-0.2, -0.15) is 4.99 Å². The van der Waals surface area contributed by atoms with E-state index in [-0.39, 0.29) is 49.0 Å². The minimum absolute atomic E-state index is 0.108. The molecule has 2 aliphatic heterocycles. The fourth-order valence-corrected chi connectivity index (χ4v) is 6.72. The second-order valence-corrected chi connectivity index (χ2v) is 14.6. The minimum Gasteiger partial charge on any atom is -0.466 e. The van der Waals surface area contributed by atoms with Crippen molar-refractivity contribution in [3.63, 3.8) is 0 Å². The number of benzene rings is 1. The summed E-state index contributed by atoms with van der Waals surface area (Å²) in [7, 11) is -3.69. The van der Waals surface area contributed by atoms with Crippen LogP contribution < -0.4 is 15.4 Å². The van der Waals surface area contributed by atoms with Crippen LogP contribution in [0.3, 0.4) is 0 Å². The molecule has 0 unspecified atom stereocenters. The van der Waals surface area contributed by atoms with Gasteiger partial charge >= 0.3 is 5.97 Å². The van der Waals surface area contributed by atoms with Crippen molar-refractivity contribution in [2.45, 2.75) is 96.6 Å². The van der Waals surface area contributed by atoms with Gasteiger partial charge in [0.05, 0.1) is 12.9 Å². The SMILES string of the molecule is CCCCCC(=O)N=C(NC(=O)CCCOC(C)=O)N1CCC(CNC(=O)[C@@H]2CCCN2C(=O)[C@@H](Cc2ccccc2)NS(C)(=O)=O)CC1. The van der Waals surface area contributed by atoms with Crippen LogP contribution in [0.4, 0.5) is 0 Å². The lowest BCUT2D eigenvalue weighted by atomic mass is 9.96. The number of sulfonamides is 1. The highest BCUT2D eigenvalue weighted by atomic mass is 32.2. The highest BCUT2D eigenvalue weighted by Gasteiger charge is 2.38. The number of hydrogen-bond donors (Lipinski definition) is 3. The molecule has 0 bridgehead atoms. The normalized spacial score (nSPS) is 17.8. The largest absolute Gasteiger partial charge is 0.466 e. The van der Waals surface area contributed by atoms with E-state index < -0.39 is 34.0 Å². The Kier molecular flexibility index (Phi) is 16.1. The number of piperidine rings is 1. The zero-order chi connectivity index (χ0) is 35.8. The Morgan fingerprint density at radius 1 is 0.980 bits per heavy atom. The van der Waals surface area contributed by atoms with Crippen LogP contribution >= 0.6 is 0 Å². The Labute approximate surface area is 289 Å². The van der Waals surface area contributed by atoms with E-state index in [2.05, 4.69) is 20.3 Å². The van der Waals surface area contributed by atoms with Crippen LogP contribution in [0.2, 0.25) is 0 Å². The fraction of sp³-hybridized carbons (Fsp3) is 0.647. The van der Waals surface area contributed by atoms with E-state index in [0.717, 1.165) is 31.1 Å². The smallest absolute Gasteiger partial charge is 0.302 e. The number of rotatable bonds is 16. The molecule has 1 aromatic carbocycles. The van der Waals surface area contributed by atoms with Gasteiger partial charge in [0, 0.05) is 45.9 Å². The maximum Gasteiger partial charge on any atom is 0.302 e. The first-order valence-corrected chi connectivity index (χ1v) is 19.1. The molecule has 2 atom stereocenters. The number of nitrogens with zero attached hydrogens (tertiary/aromatic N) is 3. The molecule has 4 amide bonds. The molecule has 49 heavy (non-hydrogen) atoms. The van der Waals surface area contributed by atoms with Crippen LogP contribution in [0.25, 0.3) is 0 Å². The van der Waals surface area contributed by atoms with Crippen LogP contribution in [0.1, 0.15) is 83.6 Å². The number of ether oxygens (including phenoxy) is 1. The number of amides is 4. The number of carbonyl (C=O) groups is 5. The monoisotopic (exact) mass is 704 g/mol. The first kappa shape index (κ1) is 39.6. The predicted octanol–water partition coefficient (Wildman–Crippen LogP) is 1.89. The second kappa shape index (κ2) is 20.0. The molecule has 272 valence electrons. The van der Waals surface area contributed by atoms with Crippen LogP contribution in [0, 0.1) is 5.92 Å². The van der Waals surface area contributed by atoms with E-state index in [0.29, 0.717) is 64.7 Å². The third kappa shape index (κ3) is 14.3.